The van der Waals surface area contributed by atoms with Crippen LogP contribution in [0.5, 0.6) is 0 Å². The fourth-order valence-corrected chi connectivity index (χ4v) is 1.18. The number of aryl methyl sites for hydroxylation is 2. The Balaban J connectivity index is 2.93. The largest absolute Gasteiger partial charge is 0.316 e. The van der Waals surface area contributed by atoms with Gasteiger partial charge < -0.3 is 5.32 Å². The second-order valence-electron chi connectivity index (χ2n) is 2.96. The van der Waals surface area contributed by atoms with Crippen molar-refractivity contribution in [3.8, 4) is 0 Å². The lowest BCUT2D eigenvalue weighted by Gasteiger charge is -2.05. The van der Waals surface area contributed by atoms with E-state index in [0.29, 0.717) is 0 Å². The molecule has 0 saturated carbocycles. The first-order valence-corrected chi connectivity index (χ1v) is 3.95. The molecule has 0 radical (unpaired) electrons. The molecular weight excluding hydrogens is 134 g/mol. The van der Waals surface area contributed by atoms with Crippen molar-refractivity contribution in [1.82, 2.24) is 5.32 Å². The van der Waals surface area contributed by atoms with E-state index in [9.17, 15) is 0 Å². The van der Waals surface area contributed by atoms with Gasteiger partial charge in [-0.15, -0.1) is 0 Å². The molecule has 1 heteroatoms. The Morgan fingerprint density at radius 3 is 2.64 bits per heavy atom. The number of hydrogen-bond acceptors (Lipinski definition) is 1. The van der Waals surface area contributed by atoms with Crippen LogP contribution < -0.4 is 5.32 Å². The van der Waals surface area contributed by atoms with E-state index in [2.05, 4.69) is 37.4 Å². The van der Waals surface area contributed by atoms with Gasteiger partial charge in [0.1, 0.15) is 0 Å². The summed E-state index contributed by atoms with van der Waals surface area (Å²) < 4.78 is 0. The van der Waals surface area contributed by atoms with E-state index in [1.54, 1.807) is 0 Å². The predicted octanol–water partition coefficient (Wildman–Crippen LogP) is 2.02. The maximum Gasteiger partial charge on any atom is 0.0205 e. The molecule has 11 heavy (non-hydrogen) atoms. The quantitative estimate of drug-likeness (QED) is 0.678. The Morgan fingerprint density at radius 2 is 2.00 bits per heavy atom. The summed E-state index contributed by atoms with van der Waals surface area (Å²) in [7, 11) is 1.97. The minimum atomic E-state index is 0.966. The van der Waals surface area contributed by atoms with Crippen LogP contribution in [0.3, 0.4) is 0 Å². The number of benzene rings is 1. The van der Waals surface area contributed by atoms with Crippen molar-refractivity contribution in [3.63, 3.8) is 0 Å². The average molecular weight is 149 g/mol. The maximum absolute atomic E-state index is 3.15. The van der Waals surface area contributed by atoms with Crippen molar-refractivity contribution >= 4 is 0 Å². The molecule has 0 aliphatic carbocycles. The van der Waals surface area contributed by atoms with Crippen LogP contribution in [0, 0.1) is 13.8 Å². The summed E-state index contributed by atoms with van der Waals surface area (Å²) in [6.45, 7) is 5.23. The number of nitrogens with one attached hydrogen (secondary N) is 1. The molecule has 1 aromatic carbocycles. The predicted molar refractivity (Wildman–Crippen MR) is 48.7 cm³/mol. The van der Waals surface area contributed by atoms with Gasteiger partial charge in [0.2, 0.25) is 0 Å². The Morgan fingerprint density at radius 1 is 1.27 bits per heavy atom. The summed E-state index contributed by atoms with van der Waals surface area (Å²) in [5, 5.41) is 3.15. The van der Waals surface area contributed by atoms with Crippen LogP contribution >= 0.6 is 0 Å². The van der Waals surface area contributed by atoms with Gasteiger partial charge >= 0.3 is 0 Å². The number of rotatable bonds is 2. The van der Waals surface area contributed by atoms with Crippen LogP contribution in [-0.2, 0) is 6.54 Å². The first-order valence-electron chi connectivity index (χ1n) is 3.95. The summed E-state index contributed by atoms with van der Waals surface area (Å²) in [5.74, 6) is 0. The molecule has 1 aromatic rings. The van der Waals surface area contributed by atoms with Gasteiger partial charge in [0.25, 0.3) is 0 Å². The molecule has 0 aliphatic rings. The highest BCUT2D eigenvalue weighted by atomic mass is 14.8. The van der Waals surface area contributed by atoms with Crippen molar-refractivity contribution in [3.05, 3.63) is 34.9 Å². The molecule has 0 fully saturated rings. The van der Waals surface area contributed by atoms with Gasteiger partial charge in [0.15, 0.2) is 0 Å². The van der Waals surface area contributed by atoms with Gasteiger partial charge in [-0.25, -0.2) is 0 Å². The smallest absolute Gasteiger partial charge is 0.0205 e. The first kappa shape index (κ1) is 8.28. The van der Waals surface area contributed by atoms with Crippen LogP contribution in [0.25, 0.3) is 0 Å². The third-order valence-corrected chi connectivity index (χ3v) is 1.87. The van der Waals surface area contributed by atoms with Gasteiger partial charge in [-0.1, -0.05) is 23.8 Å². The zero-order valence-electron chi connectivity index (χ0n) is 7.44. The van der Waals surface area contributed by atoms with E-state index in [4.69, 9.17) is 0 Å². The van der Waals surface area contributed by atoms with E-state index >= 15 is 0 Å². The molecule has 0 spiro atoms. The summed E-state index contributed by atoms with van der Waals surface area (Å²) in [4.78, 5) is 0. The van der Waals surface area contributed by atoms with E-state index in [1.807, 2.05) is 7.05 Å². The fraction of sp³-hybridized carbons (Fsp3) is 0.400. The lowest BCUT2D eigenvalue weighted by Crippen LogP contribution is -2.06. The lowest BCUT2D eigenvalue weighted by atomic mass is 10.1. The molecule has 0 aromatic heterocycles. The topological polar surface area (TPSA) is 12.0 Å². The Bertz CT molecular complexity index is 241. The van der Waals surface area contributed by atoms with E-state index in [1.165, 1.54) is 16.7 Å². The van der Waals surface area contributed by atoms with E-state index in [0.717, 1.165) is 6.54 Å². The molecule has 0 saturated heterocycles. The van der Waals surface area contributed by atoms with Crippen LogP contribution in [0.4, 0.5) is 0 Å². The Kier molecular flexibility index (Phi) is 2.66. The number of hydrogen-bond donors (Lipinski definition) is 1. The molecule has 0 aliphatic heterocycles. The van der Waals surface area contributed by atoms with Crippen molar-refractivity contribution < 1.29 is 0 Å². The second kappa shape index (κ2) is 3.54. The molecule has 1 N–H and O–H groups in total. The lowest BCUT2D eigenvalue weighted by molar-refractivity contribution is 0.811. The zero-order chi connectivity index (χ0) is 8.27. The molecule has 0 amide bonds. The van der Waals surface area contributed by atoms with Crippen molar-refractivity contribution in [1.29, 1.82) is 0 Å². The molecule has 1 rings (SSSR count). The van der Waals surface area contributed by atoms with E-state index in [-0.39, 0.29) is 0 Å². The third kappa shape index (κ3) is 2.05. The summed E-state index contributed by atoms with van der Waals surface area (Å²) in [6.07, 6.45) is 0. The molecule has 0 heterocycles. The molecule has 0 bridgehead atoms. The van der Waals surface area contributed by atoms with Crippen LogP contribution in [0.15, 0.2) is 18.2 Å². The van der Waals surface area contributed by atoms with Gasteiger partial charge in [0, 0.05) is 6.54 Å². The van der Waals surface area contributed by atoms with Crippen LogP contribution in [0.1, 0.15) is 16.7 Å². The first-order chi connectivity index (χ1) is 5.24. The van der Waals surface area contributed by atoms with Gasteiger partial charge in [-0.2, -0.15) is 0 Å². The summed E-state index contributed by atoms with van der Waals surface area (Å²) >= 11 is 0. The molecule has 1 nitrogen and oxygen atoms in total. The van der Waals surface area contributed by atoms with E-state index < -0.39 is 0 Å². The van der Waals surface area contributed by atoms with Crippen LogP contribution in [-0.4, -0.2) is 7.05 Å². The normalized spacial score (nSPS) is 10.1. The highest BCUT2D eigenvalue weighted by molar-refractivity contribution is 5.30. The fourth-order valence-electron chi connectivity index (χ4n) is 1.18. The second-order valence-corrected chi connectivity index (χ2v) is 2.96. The highest BCUT2D eigenvalue weighted by Crippen LogP contribution is 2.09. The third-order valence-electron chi connectivity index (χ3n) is 1.87. The monoisotopic (exact) mass is 149 g/mol. The maximum atomic E-state index is 3.15. The Hall–Kier alpha value is -0.820. The van der Waals surface area contributed by atoms with Crippen molar-refractivity contribution in [2.45, 2.75) is 20.4 Å². The molecule has 0 atom stereocenters. The molecule has 60 valence electrons. The standard InChI is InChI=1S/C10H15N/c1-8-4-5-9(2)10(6-8)7-11-3/h4-6,11H,7H2,1-3H3. The zero-order valence-corrected chi connectivity index (χ0v) is 7.44. The van der Waals surface area contributed by atoms with Crippen molar-refractivity contribution in [2.24, 2.45) is 0 Å². The molecule has 0 unspecified atom stereocenters. The SMILES string of the molecule is CNCc1cc(C)ccc1C. The minimum absolute atomic E-state index is 0.966. The van der Waals surface area contributed by atoms with Crippen molar-refractivity contribution in [2.75, 3.05) is 7.05 Å². The average Bonchev–Trinajstić information content (AvgIpc) is 1.98. The highest BCUT2D eigenvalue weighted by Gasteiger charge is 1.95. The van der Waals surface area contributed by atoms with Gasteiger partial charge in [-0.05, 0) is 32.0 Å². The van der Waals surface area contributed by atoms with Gasteiger partial charge in [-0.3, -0.25) is 0 Å². The van der Waals surface area contributed by atoms with Gasteiger partial charge in [0.05, 0.1) is 0 Å². The van der Waals surface area contributed by atoms with Crippen LogP contribution in [0.2, 0.25) is 0 Å². The Labute approximate surface area is 68.4 Å². The molecular formula is C10H15N. The minimum Gasteiger partial charge on any atom is -0.316 e. The summed E-state index contributed by atoms with van der Waals surface area (Å²) in [5.41, 5.74) is 4.10. The summed E-state index contributed by atoms with van der Waals surface area (Å²) in [6, 6.07) is 6.54.